The van der Waals surface area contributed by atoms with Crippen molar-refractivity contribution >= 4 is 76.1 Å². The monoisotopic (exact) mass is 866 g/mol. The second kappa shape index (κ2) is 15.2. The highest BCUT2D eigenvalue weighted by atomic mass is 16.3. The molecule has 11 aromatic carbocycles. The molecule has 5 nitrogen and oxygen atoms in total. The van der Waals surface area contributed by atoms with Crippen LogP contribution < -0.4 is 0 Å². The van der Waals surface area contributed by atoms with E-state index in [0.717, 1.165) is 77.3 Å². The van der Waals surface area contributed by atoms with Crippen LogP contribution in [0.3, 0.4) is 0 Å². The summed E-state index contributed by atoms with van der Waals surface area (Å²) in [4.78, 5) is 15.4. The van der Waals surface area contributed by atoms with E-state index < -0.39 is 0 Å². The van der Waals surface area contributed by atoms with Gasteiger partial charge in [0, 0.05) is 43.9 Å². The van der Waals surface area contributed by atoms with Crippen molar-refractivity contribution in [3.05, 3.63) is 231 Å². The van der Waals surface area contributed by atoms with E-state index in [2.05, 4.69) is 223 Å². The second-order valence-corrected chi connectivity index (χ2v) is 17.6. The van der Waals surface area contributed by atoms with E-state index in [1.807, 2.05) is 12.1 Å². The quantitative estimate of drug-likeness (QED) is 0.167. The summed E-state index contributed by atoms with van der Waals surface area (Å²) in [5.74, 6) is 1.77. The Morgan fingerprint density at radius 1 is 0.279 bits per heavy atom. The average molecular weight is 867 g/mol. The molecule has 3 aromatic heterocycles. The SMILES string of the molecule is c1ccc(-c2ccc(-c3nc(-c4cccc(-c5ccccc5)c4)nc(-c4ccc5c(c4)oc4ccc6ccc(-n7c8cc9ccccc9cc8c8c9ccccc9ccc87)cc6c45)n3)cc2)cc1. The predicted octanol–water partition coefficient (Wildman–Crippen LogP) is 16.7. The number of fused-ring (bicyclic) bond motifs is 11. The zero-order chi connectivity index (χ0) is 44.7. The average Bonchev–Trinajstić information content (AvgIpc) is 3.96. The van der Waals surface area contributed by atoms with Gasteiger partial charge in [0.1, 0.15) is 11.2 Å². The van der Waals surface area contributed by atoms with Crippen LogP contribution in [0.4, 0.5) is 0 Å². The molecule has 5 heteroatoms. The van der Waals surface area contributed by atoms with Crippen molar-refractivity contribution in [2.24, 2.45) is 0 Å². The zero-order valence-corrected chi connectivity index (χ0v) is 36.6. The Kier molecular flexibility index (Phi) is 8.52. The normalized spacial score (nSPS) is 11.8. The number of aromatic nitrogens is 4. The molecule has 0 aliphatic carbocycles. The number of furan rings is 1. The van der Waals surface area contributed by atoms with Gasteiger partial charge in [-0.1, -0.05) is 176 Å². The summed E-state index contributed by atoms with van der Waals surface area (Å²) < 4.78 is 9.20. The Balaban J connectivity index is 0.926. The fourth-order valence-electron chi connectivity index (χ4n) is 10.3. The summed E-state index contributed by atoms with van der Waals surface area (Å²) >= 11 is 0. The van der Waals surface area contributed by atoms with Crippen LogP contribution in [0.25, 0.3) is 138 Å². The van der Waals surface area contributed by atoms with Crippen LogP contribution in [0.15, 0.2) is 235 Å². The van der Waals surface area contributed by atoms with E-state index in [0.29, 0.717) is 17.5 Å². The molecule has 316 valence electrons. The van der Waals surface area contributed by atoms with Gasteiger partial charge in [-0.05, 0) is 109 Å². The van der Waals surface area contributed by atoms with Crippen molar-refractivity contribution < 1.29 is 4.42 Å². The van der Waals surface area contributed by atoms with Gasteiger partial charge in [-0.15, -0.1) is 0 Å². The van der Waals surface area contributed by atoms with Crippen LogP contribution in [0.5, 0.6) is 0 Å². The lowest BCUT2D eigenvalue weighted by Crippen LogP contribution is -2.00. The van der Waals surface area contributed by atoms with Gasteiger partial charge in [-0.2, -0.15) is 0 Å². The highest BCUT2D eigenvalue weighted by Crippen LogP contribution is 2.42. The van der Waals surface area contributed by atoms with E-state index in [-0.39, 0.29) is 0 Å². The van der Waals surface area contributed by atoms with E-state index in [1.165, 1.54) is 43.4 Å². The molecule has 0 radical (unpaired) electrons. The molecule has 14 rings (SSSR count). The first kappa shape index (κ1) is 38.1. The van der Waals surface area contributed by atoms with Crippen molar-refractivity contribution in [1.29, 1.82) is 0 Å². The molecule has 0 amide bonds. The maximum absolute atomic E-state index is 6.76. The largest absolute Gasteiger partial charge is 0.456 e. The van der Waals surface area contributed by atoms with Gasteiger partial charge in [0.2, 0.25) is 0 Å². The Morgan fingerprint density at radius 3 is 1.62 bits per heavy atom. The molecule has 0 saturated heterocycles. The Labute approximate surface area is 390 Å². The number of nitrogens with zero attached hydrogens (tertiary/aromatic N) is 4. The molecule has 0 spiro atoms. The van der Waals surface area contributed by atoms with Crippen molar-refractivity contribution in [2.75, 3.05) is 0 Å². The van der Waals surface area contributed by atoms with E-state index in [1.54, 1.807) is 0 Å². The Bertz CT molecular complexity index is 4300. The van der Waals surface area contributed by atoms with Gasteiger partial charge < -0.3 is 8.98 Å². The van der Waals surface area contributed by atoms with E-state index in [9.17, 15) is 0 Å². The van der Waals surface area contributed by atoms with Gasteiger partial charge >= 0.3 is 0 Å². The molecule has 14 aromatic rings. The summed E-state index contributed by atoms with van der Waals surface area (Å²) in [5.41, 5.74) is 12.2. The standard InChI is InChI=1S/C63H38N4O/c1-3-12-39(13-4-1)41-22-24-44(25-23-41)61-64-62(48-20-11-19-45(34-48)40-14-5-2-6-15-40)66-63(65-61)49-27-31-52-58(37-49)68-57-33-29-43-26-30-50(38-53(43)60(52)57)67-55-32-28-42-16-9-10-21-51(42)59(55)54-35-46-17-7-8-18-47(46)36-56(54)67/h1-38H. The van der Waals surface area contributed by atoms with Gasteiger partial charge in [-0.25, -0.2) is 15.0 Å². The van der Waals surface area contributed by atoms with Crippen molar-refractivity contribution in [1.82, 2.24) is 19.5 Å². The molecule has 68 heavy (non-hydrogen) atoms. The van der Waals surface area contributed by atoms with Gasteiger partial charge in [0.05, 0.1) is 11.0 Å². The molecule has 0 aliphatic heterocycles. The third-order valence-electron chi connectivity index (χ3n) is 13.6. The number of hydrogen-bond acceptors (Lipinski definition) is 4. The molecule has 3 heterocycles. The molecular weight excluding hydrogens is 829 g/mol. The number of rotatable bonds is 6. The number of hydrogen-bond donors (Lipinski definition) is 0. The van der Waals surface area contributed by atoms with Crippen molar-refractivity contribution in [3.63, 3.8) is 0 Å². The Hall–Kier alpha value is -9.19. The van der Waals surface area contributed by atoms with Gasteiger partial charge in [0.15, 0.2) is 17.5 Å². The minimum atomic E-state index is 0.572. The topological polar surface area (TPSA) is 56.7 Å². The van der Waals surface area contributed by atoms with Crippen LogP contribution in [0.2, 0.25) is 0 Å². The third-order valence-corrected chi connectivity index (χ3v) is 13.6. The molecule has 0 saturated carbocycles. The molecule has 0 fully saturated rings. The molecule has 0 aliphatic rings. The van der Waals surface area contributed by atoms with Gasteiger partial charge in [0.25, 0.3) is 0 Å². The fraction of sp³-hybridized carbons (Fsp3) is 0. The smallest absolute Gasteiger partial charge is 0.164 e. The Morgan fingerprint density at radius 2 is 0.838 bits per heavy atom. The highest BCUT2D eigenvalue weighted by Gasteiger charge is 2.20. The lowest BCUT2D eigenvalue weighted by Gasteiger charge is -2.11. The third kappa shape index (κ3) is 6.21. The van der Waals surface area contributed by atoms with Crippen molar-refractivity contribution in [2.45, 2.75) is 0 Å². The summed E-state index contributed by atoms with van der Waals surface area (Å²) in [6.07, 6.45) is 0. The predicted molar refractivity (Wildman–Crippen MR) is 281 cm³/mol. The van der Waals surface area contributed by atoms with Gasteiger partial charge in [-0.3, -0.25) is 0 Å². The lowest BCUT2D eigenvalue weighted by atomic mass is 10.0. The first-order valence-electron chi connectivity index (χ1n) is 23.0. The summed E-state index contributed by atoms with van der Waals surface area (Å²) in [5, 5.41) is 11.8. The summed E-state index contributed by atoms with van der Waals surface area (Å²) in [6, 6.07) is 81.7. The van der Waals surface area contributed by atoms with E-state index in [4.69, 9.17) is 19.4 Å². The lowest BCUT2D eigenvalue weighted by molar-refractivity contribution is 0.669. The first-order chi connectivity index (χ1) is 33.7. The van der Waals surface area contributed by atoms with Crippen LogP contribution >= 0.6 is 0 Å². The highest BCUT2D eigenvalue weighted by molar-refractivity contribution is 6.24. The fourth-order valence-corrected chi connectivity index (χ4v) is 10.3. The van der Waals surface area contributed by atoms with Crippen LogP contribution in [-0.2, 0) is 0 Å². The first-order valence-corrected chi connectivity index (χ1v) is 23.0. The maximum Gasteiger partial charge on any atom is 0.164 e. The second-order valence-electron chi connectivity index (χ2n) is 17.6. The molecule has 0 N–H and O–H groups in total. The van der Waals surface area contributed by atoms with Crippen molar-refractivity contribution in [3.8, 4) is 62.1 Å². The molecule has 0 atom stereocenters. The maximum atomic E-state index is 6.76. The van der Waals surface area contributed by atoms with Crippen LogP contribution in [0, 0.1) is 0 Å². The summed E-state index contributed by atoms with van der Waals surface area (Å²) in [7, 11) is 0. The minimum absolute atomic E-state index is 0.572. The molecule has 0 bridgehead atoms. The number of benzene rings is 11. The van der Waals surface area contributed by atoms with E-state index >= 15 is 0 Å². The zero-order valence-electron chi connectivity index (χ0n) is 36.6. The molecular formula is C63H38N4O. The molecule has 0 unspecified atom stereocenters. The van der Waals surface area contributed by atoms with Crippen LogP contribution in [-0.4, -0.2) is 19.5 Å². The summed E-state index contributed by atoms with van der Waals surface area (Å²) in [6.45, 7) is 0. The van der Waals surface area contributed by atoms with Crippen LogP contribution in [0.1, 0.15) is 0 Å². The minimum Gasteiger partial charge on any atom is -0.456 e.